The van der Waals surface area contributed by atoms with E-state index in [-0.39, 0.29) is 11.2 Å². The maximum absolute atomic E-state index is 6.63. The lowest BCUT2D eigenvalue weighted by Crippen LogP contribution is -2.40. The molecule has 0 fully saturated rings. The van der Waals surface area contributed by atoms with E-state index in [4.69, 9.17) is 4.74 Å². The van der Waals surface area contributed by atoms with Gasteiger partial charge in [-0.3, -0.25) is 0 Å². The lowest BCUT2D eigenvalue weighted by Gasteiger charge is -2.37. The van der Waals surface area contributed by atoms with Crippen molar-refractivity contribution >= 4 is 0 Å². The van der Waals surface area contributed by atoms with Crippen molar-refractivity contribution in [2.45, 2.75) is 78.4 Å². The predicted molar refractivity (Wildman–Crippen MR) is 108 cm³/mol. The van der Waals surface area contributed by atoms with Crippen LogP contribution in [0.25, 0.3) is 0 Å². The Labute approximate surface area is 154 Å². The minimum atomic E-state index is -0.198. The Kier molecular flexibility index (Phi) is 6.46. The van der Waals surface area contributed by atoms with Crippen LogP contribution in [0.2, 0.25) is 0 Å². The number of aryl methyl sites for hydroxylation is 2. The molecule has 0 bridgehead atoms. The fourth-order valence-corrected chi connectivity index (χ4v) is 3.89. The maximum Gasteiger partial charge on any atom is 0.0674 e. The highest BCUT2D eigenvalue weighted by Gasteiger charge is 2.30. The van der Waals surface area contributed by atoms with E-state index in [0.29, 0.717) is 0 Å². The van der Waals surface area contributed by atoms with Gasteiger partial charge >= 0.3 is 0 Å². The molecule has 0 heterocycles. The molecule has 25 heavy (non-hydrogen) atoms. The van der Waals surface area contributed by atoms with Crippen LogP contribution in [0, 0.1) is 0 Å². The van der Waals surface area contributed by atoms with E-state index in [1.54, 1.807) is 0 Å². The predicted octanol–water partition coefficient (Wildman–Crippen LogP) is 6.17. The molecule has 0 atom stereocenters. The molecule has 0 radical (unpaired) electrons. The van der Waals surface area contributed by atoms with Crippen molar-refractivity contribution in [1.82, 2.24) is 0 Å². The van der Waals surface area contributed by atoms with Crippen molar-refractivity contribution in [2.75, 3.05) is 0 Å². The molecule has 1 heteroatoms. The number of hydrogen-bond acceptors (Lipinski definition) is 1. The summed E-state index contributed by atoms with van der Waals surface area (Å²) in [5.41, 5.74) is 5.26. The van der Waals surface area contributed by atoms with Gasteiger partial charge < -0.3 is 4.74 Å². The smallest absolute Gasteiger partial charge is 0.0674 e. The molecule has 0 saturated carbocycles. The third kappa shape index (κ3) is 5.71. The first-order valence-corrected chi connectivity index (χ1v) is 9.60. The minimum absolute atomic E-state index is 0.198. The van der Waals surface area contributed by atoms with Crippen LogP contribution in [0.1, 0.15) is 63.8 Å². The topological polar surface area (TPSA) is 9.23 Å². The van der Waals surface area contributed by atoms with Gasteiger partial charge in [-0.05, 0) is 62.8 Å². The maximum atomic E-state index is 6.63. The van der Waals surface area contributed by atoms with Crippen molar-refractivity contribution in [3.05, 3.63) is 70.8 Å². The van der Waals surface area contributed by atoms with E-state index in [2.05, 4.69) is 90.1 Å². The van der Waals surface area contributed by atoms with Gasteiger partial charge in [0.1, 0.15) is 0 Å². The summed E-state index contributed by atoms with van der Waals surface area (Å²) < 4.78 is 6.63. The summed E-state index contributed by atoms with van der Waals surface area (Å²) in [7, 11) is 0. The Morgan fingerprint density at radius 2 is 0.920 bits per heavy atom. The van der Waals surface area contributed by atoms with Crippen LogP contribution in [0.3, 0.4) is 0 Å². The quantitative estimate of drug-likeness (QED) is 0.559. The average Bonchev–Trinajstić information content (AvgIpc) is 2.54. The summed E-state index contributed by atoms with van der Waals surface area (Å²) in [5, 5.41) is 0. The van der Waals surface area contributed by atoms with E-state index in [9.17, 15) is 0 Å². The SMILES string of the molecule is CCc1ccccc1CC(C)(C)OC(C)(C)Cc1ccccc1CC. The minimum Gasteiger partial charge on any atom is -0.369 e. The second-order valence-electron chi connectivity index (χ2n) is 8.22. The van der Waals surface area contributed by atoms with Crippen LogP contribution in [-0.2, 0) is 30.4 Å². The first-order chi connectivity index (χ1) is 11.8. The first-order valence-electron chi connectivity index (χ1n) is 9.60. The molecule has 136 valence electrons. The van der Waals surface area contributed by atoms with Crippen LogP contribution in [0.5, 0.6) is 0 Å². The van der Waals surface area contributed by atoms with Crippen LogP contribution in [-0.4, -0.2) is 11.2 Å². The molecule has 0 aromatic heterocycles. The van der Waals surface area contributed by atoms with E-state index in [1.165, 1.54) is 22.3 Å². The van der Waals surface area contributed by atoms with Crippen LogP contribution < -0.4 is 0 Å². The Balaban J connectivity index is 2.12. The Morgan fingerprint density at radius 1 is 0.600 bits per heavy atom. The van der Waals surface area contributed by atoms with Crippen molar-refractivity contribution in [2.24, 2.45) is 0 Å². The largest absolute Gasteiger partial charge is 0.369 e. The monoisotopic (exact) mass is 338 g/mol. The summed E-state index contributed by atoms with van der Waals surface area (Å²) in [6.07, 6.45) is 4.02. The zero-order valence-corrected chi connectivity index (χ0v) is 16.9. The normalized spacial score (nSPS) is 12.4. The van der Waals surface area contributed by atoms with E-state index >= 15 is 0 Å². The van der Waals surface area contributed by atoms with Gasteiger partial charge in [0.15, 0.2) is 0 Å². The van der Waals surface area contributed by atoms with Crippen molar-refractivity contribution in [3.63, 3.8) is 0 Å². The van der Waals surface area contributed by atoms with Gasteiger partial charge in [0.05, 0.1) is 11.2 Å². The highest BCUT2D eigenvalue weighted by Crippen LogP contribution is 2.29. The van der Waals surface area contributed by atoms with Crippen LogP contribution in [0.15, 0.2) is 48.5 Å². The zero-order valence-electron chi connectivity index (χ0n) is 16.9. The molecule has 0 aliphatic heterocycles. The molecule has 2 rings (SSSR count). The van der Waals surface area contributed by atoms with Gasteiger partial charge in [-0.15, -0.1) is 0 Å². The molecule has 2 aromatic rings. The molecule has 0 aliphatic carbocycles. The average molecular weight is 339 g/mol. The summed E-state index contributed by atoms with van der Waals surface area (Å²) in [6, 6.07) is 17.5. The van der Waals surface area contributed by atoms with Crippen molar-refractivity contribution in [1.29, 1.82) is 0 Å². The van der Waals surface area contributed by atoms with E-state index in [1.807, 2.05) is 0 Å². The van der Waals surface area contributed by atoms with Gasteiger partial charge in [-0.25, -0.2) is 0 Å². The molecule has 0 aliphatic rings. The van der Waals surface area contributed by atoms with Crippen molar-refractivity contribution in [3.8, 4) is 0 Å². The molecule has 0 saturated heterocycles. The van der Waals surface area contributed by atoms with Crippen LogP contribution in [0.4, 0.5) is 0 Å². The molecule has 0 spiro atoms. The first kappa shape index (κ1) is 19.7. The Bertz CT molecular complexity index is 622. The lowest BCUT2D eigenvalue weighted by atomic mass is 9.90. The number of benzene rings is 2. The highest BCUT2D eigenvalue weighted by molar-refractivity contribution is 5.29. The van der Waals surface area contributed by atoms with Crippen molar-refractivity contribution < 1.29 is 4.74 Å². The Morgan fingerprint density at radius 3 is 1.24 bits per heavy atom. The number of hydrogen-bond donors (Lipinski definition) is 0. The Hall–Kier alpha value is -1.60. The second kappa shape index (κ2) is 8.19. The number of rotatable bonds is 8. The molecule has 0 N–H and O–H groups in total. The van der Waals surface area contributed by atoms with E-state index < -0.39 is 0 Å². The number of ether oxygens (including phenoxy) is 1. The zero-order chi connectivity index (χ0) is 18.5. The van der Waals surface area contributed by atoms with Crippen LogP contribution >= 0.6 is 0 Å². The van der Waals surface area contributed by atoms with Gasteiger partial charge in [-0.2, -0.15) is 0 Å². The summed E-state index contributed by atoms with van der Waals surface area (Å²) in [6.45, 7) is 13.3. The van der Waals surface area contributed by atoms with E-state index in [0.717, 1.165) is 25.7 Å². The molecule has 2 aromatic carbocycles. The highest BCUT2D eigenvalue weighted by atomic mass is 16.5. The van der Waals surface area contributed by atoms with Gasteiger partial charge in [-0.1, -0.05) is 62.4 Å². The summed E-state index contributed by atoms with van der Waals surface area (Å²) in [4.78, 5) is 0. The fourth-order valence-electron chi connectivity index (χ4n) is 3.89. The molecular weight excluding hydrogens is 304 g/mol. The third-order valence-electron chi connectivity index (χ3n) is 4.78. The second-order valence-corrected chi connectivity index (χ2v) is 8.22. The lowest BCUT2D eigenvalue weighted by molar-refractivity contribution is -0.121. The summed E-state index contributed by atoms with van der Waals surface area (Å²) in [5.74, 6) is 0. The third-order valence-corrected chi connectivity index (χ3v) is 4.78. The van der Waals surface area contributed by atoms with Gasteiger partial charge in [0.2, 0.25) is 0 Å². The molecular formula is C24H34O. The molecule has 1 nitrogen and oxygen atoms in total. The fraction of sp³-hybridized carbons (Fsp3) is 0.500. The standard InChI is InChI=1S/C24H34O/c1-7-19-13-9-11-15-21(19)17-23(3,4)25-24(5,6)18-22-16-12-10-14-20(22)8-2/h9-16H,7-8,17-18H2,1-6H3. The van der Waals surface area contributed by atoms with Gasteiger partial charge in [0.25, 0.3) is 0 Å². The molecule has 0 amide bonds. The van der Waals surface area contributed by atoms with Gasteiger partial charge in [0, 0.05) is 12.8 Å². The molecule has 0 unspecified atom stereocenters. The summed E-state index contributed by atoms with van der Waals surface area (Å²) >= 11 is 0.